The third kappa shape index (κ3) is 4.24. The van der Waals surface area contributed by atoms with E-state index >= 15 is 0 Å². The maximum Gasteiger partial charge on any atom is 0.0198 e. The van der Waals surface area contributed by atoms with Gasteiger partial charge >= 0.3 is 0 Å². The van der Waals surface area contributed by atoms with Gasteiger partial charge in [0.25, 0.3) is 0 Å². The van der Waals surface area contributed by atoms with E-state index in [-0.39, 0.29) is 0 Å². The predicted molar refractivity (Wildman–Crippen MR) is 78.9 cm³/mol. The van der Waals surface area contributed by atoms with E-state index in [9.17, 15) is 0 Å². The predicted octanol–water partition coefficient (Wildman–Crippen LogP) is 3.42. The molecule has 2 atom stereocenters. The fourth-order valence-electron chi connectivity index (χ4n) is 3.64. The van der Waals surface area contributed by atoms with Crippen molar-refractivity contribution in [3.8, 4) is 0 Å². The number of hydrogen-bond acceptors (Lipinski definition) is 2. The van der Waals surface area contributed by atoms with E-state index in [0.717, 1.165) is 12.1 Å². The van der Waals surface area contributed by atoms with E-state index in [0.29, 0.717) is 5.41 Å². The molecule has 0 amide bonds. The highest BCUT2D eigenvalue weighted by Gasteiger charge is 2.26. The van der Waals surface area contributed by atoms with Crippen LogP contribution in [-0.2, 0) is 0 Å². The summed E-state index contributed by atoms with van der Waals surface area (Å²) in [5.74, 6) is 0. The second kappa shape index (κ2) is 6.38. The van der Waals surface area contributed by atoms with Gasteiger partial charge in [-0.15, -0.1) is 0 Å². The Morgan fingerprint density at radius 1 is 1.06 bits per heavy atom. The standard InChI is InChI=1S/C16H32N2/c1-4-18-12-6-8-15(13-18)17-14-7-5-10-16(2,3)11-9-14/h14-15,17H,4-13H2,1-3H3. The van der Waals surface area contributed by atoms with Crippen LogP contribution < -0.4 is 5.32 Å². The second-order valence-corrected chi connectivity index (χ2v) is 7.19. The average Bonchev–Trinajstić information content (AvgIpc) is 2.51. The van der Waals surface area contributed by atoms with Crippen molar-refractivity contribution in [1.29, 1.82) is 0 Å². The van der Waals surface area contributed by atoms with Crippen molar-refractivity contribution in [3.63, 3.8) is 0 Å². The van der Waals surface area contributed by atoms with Crippen molar-refractivity contribution in [2.75, 3.05) is 19.6 Å². The number of likely N-dealkylation sites (N-methyl/N-ethyl adjacent to an activating group) is 1. The monoisotopic (exact) mass is 252 g/mol. The molecule has 1 N–H and O–H groups in total. The molecule has 0 aromatic heterocycles. The maximum absolute atomic E-state index is 3.96. The molecule has 1 heterocycles. The smallest absolute Gasteiger partial charge is 0.0198 e. The third-order valence-electron chi connectivity index (χ3n) is 5.00. The second-order valence-electron chi connectivity index (χ2n) is 7.19. The first-order chi connectivity index (χ1) is 8.59. The zero-order chi connectivity index (χ0) is 13.0. The molecule has 0 radical (unpaired) electrons. The Hall–Kier alpha value is -0.0800. The first kappa shape index (κ1) is 14.3. The van der Waals surface area contributed by atoms with Gasteiger partial charge in [0.2, 0.25) is 0 Å². The van der Waals surface area contributed by atoms with E-state index in [2.05, 4.69) is 31.0 Å². The molecule has 2 aliphatic rings. The molecule has 1 aliphatic carbocycles. The SMILES string of the molecule is CCN1CCCC(NC2CCCC(C)(C)CC2)C1. The number of hydrogen-bond donors (Lipinski definition) is 1. The van der Waals surface area contributed by atoms with Crippen LogP contribution in [0.5, 0.6) is 0 Å². The van der Waals surface area contributed by atoms with Gasteiger partial charge in [-0.1, -0.05) is 27.2 Å². The zero-order valence-electron chi connectivity index (χ0n) is 12.7. The van der Waals surface area contributed by atoms with Gasteiger partial charge in [0.1, 0.15) is 0 Å². The van der Waals surface area contributed by atoms with Crippen molar-refractivity contribution in [2.24, 2.45) is 5.41 Å². The molecule has 1 saturated heterocycles. The van der Waals surface area contributed by atoms with Gasteiger partial charge in [0, 0.05) is 18.6 Å². The Balaban J connectivity index is 1.78. The lowest BCUT2D eigenvalue weighted by Crippen LogP contribution is -2.48. The van der Waals surface area contributed by atoms with E-state index < -0.39 is 0 Å². The summed E-state index contributed by atoms with van der Waals surface area (Å²) in [6.07, 6.45) is 9.77. The Kier molecular flexibility index (Phi) is 5.08. The third-order valence-corrected chi connectivity index (χ3v) is 5.00. The van der Waals surface area contributed by atoms with Gasteiger partial charge in [-0.3, -0.25) is 0 Å². The van der Waals surface area contributed by atoms with E-state index in [1.165, 1.54) is 64.6 Å². The number of nitrogens with one attached hydrogen (secondary N) is 1. The molecule has 1 saturated carbocycles. The van der Waals surface area contributed by atoms with Gasteiger partial charge in [-0.25, -0.2) is 0 Å². The van der Waals surface area contributed by atoms with Crippen molar-refractivity contribution in [2.45, 2.75) is 77.8 Å². The highest BCUT2D eigenvalue weighted by molar-refractivity contribution is 4.84. The summed E-state index contributed by atoms with van der Waals surface area (Å²) in [6.45, 7) is 11.0. The molecular formula is C16H32N2. The summed E-state index contributed by atoms with van der Waals surface area (Å²) in [5, 5.41) is 3.96. The minimum atomic E-state index is 0.582. The van der Waals surface area contributed by atoms with Crippen LogP contribution in [0, 0.1) is 5.41 Å². The van der Waals surface area contributed by atoms with Crippen molar-refractivity contribution in [1.82, 2.24) is 10.2 Å². The molecular weight excluding hydrogens is 220 g/mol. The first-order valence-electron chi connectivity index (χ1n) is 8.07. The molecule has 2 heteroatoms. The molecule has 106 valence electrons. The summed E-state index contributed by atoms with van der Waals surface area (Å²) >= 11 is 0. The van der Waals surface area contributed by atoms with E-state index in [1.54, 1.807) is 0 Å². The van der Waals surface area contributed by atoms with Gasteiger partial charge in [-0.05, 0) is 57.0 Å². The van der Waals surface area contributed by atoms with Crippen LogP contribution in [0.2, 0.25) is 0 Å². The Labute approximate surface area is 114 Å². The molecule has 0 aromatic carbocycles. The summed E-state index contributed by atoms with van der Waals surface area (Å²) < 4.78 is 0. The molecule has 2 nitrogen and oxygen atoms in total. The molecule has 2 fully saturated rings. The molecule has 1 aliphatic heterocycles. The van der Waals surface area contributed by atoms with Crippen LogP contribution in [0.15, 0.2) is 0 Å². The van der Waals surface area contributed by atoms with E-state index in [1.807, 2.05) is 0 Å². The largest absolute Gasteiger partial charge is 0.310 e. The highest BCUT2D eigenvalue weighted by Crippen LogP contribution is 2.34. The molecule has 0 spiro atoms. The topological polar surface area (TPSA) is 15.3 Å². The van der Waals surface area contributed by atoms with Crippen LogP contribution in [-0.4, -0.2) is 36.6 Å². The fraction of sp³-hybridized carbons (Fsp3) is 1.00. The Morgan fingerprint density at radius 2 is 1.83 bits per heavy atom. The number of likely N-dealkylation sites (tertiary alicyclic amines) is 1. The maximum atomic E-state index is 3.96. The fourth-order valence-corrected chi connectivity index (χ4v) is 3.64. The van der Waals surface area contributed by atoms with Crippen LogP contribution in [0.4, 0.5) is 0 Å². The summed E-state index contributed by atoms with van der Waals surface area (Å²) in [4.78, 5) is 2.60. The summed E-state index contributed by atoms with van der Waals surface area (Å²) in [5.41, 5.74) is 0.582. The Bertz CT molecular complexity index is 249. The molecule has 0 aromatic rings. The van der Waals surface area contributed by atoms with Crippen LogP contribution in [0.1, 0.15) is 65.7 Å². The number of rotatable bonds is 3. The van der Waals surface area contributed by atoms with Gasteiger partial charge in [0.15, 0.2) is 0 Å². The lowest BCUT2D eigenvalue weighted by Gasteiger charge is -2.34. The number of nitrogens with zero attached hydrogens (tertiary/aromatic N) is 1. The normalized spacial score (nSPS) is 34.2. The van der Waals surface area contributed by atoms with Gasteiger partial charge < -0.3 is 10.2 Å². The lowest BCUT2D eigenvalue weighted by molar-refractivity contribution is 0.186. The average molecular weight is 252 g/mol. The summed E-state index contributed by atoms with van der Waals surface area (Å²) in [6, 6.07) is 1.54. The minimum absolute atomic E-state index is 0.582. The quantitative estimate of drug-likeness (QED) is 0.774. The molecule has 18 heavy (non-hydrogen) atoms. The molecule has 2 unspecified atom stereocenters. The highest BCUT2D eigenvalue weighted by atomic mass is 15.2. The first-order valence-corrected chi connectivity index (χ1v) is 8.07. The number of piperidine rings is 1. The van der Waals surface area contributed by atoms with Gasteiger partial charge in [0.05, 0.1) is 0 Å². The summed E-state index contributed by atoms with van der Waals surface area (Å²) in [7, 11) is 0. The van der Waals surface area contributed by atoms with Crippen LogP contribution >= 0.6 is 0 Å². The molecule has 2 rings (SSSR count). The molecule has 0 bridgehead atoms. The van der Waals surface area contributed by atoms with Crippen molar-refractivity contribution < 1.29 is 0 Å². The van der Waals surface area contributed by atoms with Gasteiger partial charge in [-0.2, -0.15) is 0 Å². The van der Waals surface area contributed by atoms with Crippen molar-refractivity contribution >= 4 is 0 Å². The lowest BCUT2D eigenvalue weighted by atomic mass is 9.85. The van der Waals surface area contributed by atoms with Crippen LogP contribution in [0.3, 0.4) is 0 Å². The minimum Gasteiger partial charge on any atom is -0.310 e. The van der Waals surface area contributed by atoms with E-state index in [4.69, 9.17) is 0 Å². The van der Waals surface area contributed by atoms with Crippen LogP contribution in [0.25, 0.3) is 0 Å². The Morgan fingerprint density at radius 3 is 2.61 bits per heavy atom. The van der Waals surface area contributed by atoms with Crippen molar-refractivity contribution in [3.05, 3.63) is 0 Å². The zero-order valence-corrected chi connectivity index (χ0v) is 12.7.